The highest BCUT2D eigenvalue weighted by Gasteiger charge is 2.33. The molecule has 0 aliphatic rings. The zero-order valence-electron chi connectivity index (χ0n) is 14.8. The van der Waals surface area contributed by atoms with E-state index in [0.717, 1.165) is 35.4 Å². The number of carbonyl (C=O) groups excluding carboxylic acids is 1. The molecule has 0 heterocycles. The van der Waals surface area contributed by atoms with E-state index in [2.05, 4.69) is 10.6 Å². The number of halogens is 3. The zero-order chi connectivity index (χ0) is 20.0. The minimum absolute atomic E-state index is 0.336. The second-order valence-electron chi connectivity index (χ2n) is 5.77. The third-order valence-corrected chi connectivity index (χ3v) is 3.95. The van der Waals surface area contributed by atoms with Crippen LogP contribution in [0, 0.1) is 18.3 Å². The van der Waals surface area contributed by atoms with Gasteiger partial charge in [-0.2, -0.15) is 18.4 Å². The van der Waals surface area contributed by atoms with Crippen LogP contribution < -0.4 is 10.6 Å². The van der Waals surface area contributed by atoms with Crippen LogP contribution in [-0.4, -0.2) is 5.91 Å². The minimum atomic E-state index is -4.62. The second kappa shape index (κ2) is 8.41. The number of para-hydroxylation sites is 2. The molecular formula is C20H18F3N3O. The Morgan fingerprint density at radius 2 is 1.89 bits per heavy atom. The normalized spacial score (nSPS) is 11.6. The molecule has 0 saturated carbocycles. The van der Waals surface area contributed by atoms with Gasteiger partial charge in [0.1, 0.15) is 11.6 Å². The molecule has 140 valence electrons. The fourth-order valence-electron chi connectivity index (χ4n) is 2.55. The van der Waals surface area contributed by atoms with Crippen LogP contribution in [0.3, 0.4) is 0 Å². The summed E-state index contributed by atoms with van der Waals surface area (Å²) >= 11 is 0. The van der Waals surface area contributed by atoms with Crippen molar-refractivity contribution in [2.45, 2.75) is 26.4 Å². The van der Waals surface area contributed by atoms with Crippen molar-refractivity contribution in [3.05, 3.63) is 70.9 Å². The molecule has 2 aromatic rings. The summed E-state index contributed by atoms with van der Waals surface area (Å²) in [5.74, 6) is -0.923. The molecule has 27 heavy (non-hydrogen) atoms. The standard InChI is InChI=1S/C20H18F3N3O/c1-3-14-8-6-7-13(2)18(14)25-12-15(11-24)19(27)26-17-10-5-4-9-16(17)20(21,22)23/h4-10,12,25H,3H2,1-2H3,(H,26,27)/b15-12-. The minimum Gasteiger partial charge on any atom is -0.360 e. The van der Waals surface area contributed by atoms with Crippen molar-refractivity contribution in [2.24, 2.45) is 0 Å². The Morgan fingerprint density at radius 1 is 1.19 bits per heavy atom. The highest BCUT2D eigenvalue weighted by atomic mass is 19.4. The van der Waals surface area contributed by atoms with E-state index in [9.17, 15) is 23.2 Å². The first kappa shape index (κ1) is 20.0. The lowest BCUT2D eigenvalue weighted by molar-refractivity contribution is -0.137. The van der Waals surface area contributed by atoms with Crippen LogP contribution in [0.5, 0.6) is 0 Å². The molecule has 7 heteroatoms. The van der Waals surface area contributed by atoms with Gasteiger partial charge in [0.2, 0.25) is 0 Å². The molecule has 0 spiro atoms. The van der Waals surface area contributed by atoms with Gasteiger partial charge in [-0.05, 0) is 36.6 Å². The number of nitrogens with zero attached hydrogens (tertiary/aromatic N) is 1. The number of rotatable bonds is 5. The maximum absolute atomic E-state index is 13.0. The first-order valence-corrected chi connectivity index (χ1v) is 8.20. The van der Waals surface area contributed by atoms with Gasteiger partial charge >= 0.3 is 6.18 Å². The molecule has 0 fully saturated rings. The van der Waals surface area contributed by atoms with Crippen LogP contribution in [-0.2, 0) is 17.4 Å². The number of hydrogen-bond acceptors (Lipinski definition) is 3. The van der Waals surface area contributed by atoms with Gasteiger partial charge in [0, 0.05) is 11.9 Å². The Bertz CT molecular complexity index is 911. The molecule has 0 aliphatic heterocycles. The lowest BCUT2D eigenvalue weighted by atomic mass is 10.1. The average molecular weight is 373 g/mol. The van der Waals surface area contributed by atoms with Crippen LogP contribution in [0.2, 0.25) is 0 Å². The van der Waals surface area contributed by atoms with Crippen molar-refractivity contribution in [1.29, 1.82) is 5.26 Å². The van der Waals surface area contributed by atoms with Crippen LogP contribution in [0.1, 0.15) is 23.6 Å². The molecule has 2 aromatic carbocycles. The zero-order valence-corrected chi connectivity index (χ0v) is 14.8. The average Bonchev–Trinajstić information content (AvgIpc) is 2.62. The van der Waals surface area contributed by atoms with E-state index < -0.39 is 23.3 Å². The van der Waals surface area contributed by atoms with Crippen molar-refractivity contribution in [2.75, 3.05) is 10.6 Å². The molecule has 2 rings (SSSR count). The van der Waals surface area contributed by atoms with Gasteiger partial charge in [0.15, 0.2) is 0 Å². The summed E-state index contributed by atoms with van der Waals surface area (Å²) in [4.78, 5) is 12.3. The number of alkyl halides is 3. The van der Waals surface area contributed by atoms with Gasteiger partial charge in [0.05, 0.1) is 11.3 Å². The summed E-state index contributed by atoms with van der Waals surface area (Å²) in [5, 5.41) is 14.3. The van der Waals surface area contributed by atoms with E-state index in [0.29, 0.717) is 0 Å². The molecule has 0 aromatic heterocycles. The molecule has 0 aliphatic carbocycles. The number of hydrogen-bond donors (Lipinski definition) is 2. The van der Waals surface area contributed by atoms with Gasteiger partial charge in [0.25, 0.3) is 5.91 Å². The van der Waals surface area contributed by atoms with Gasteiger partial charge in [-0.15, -0.1) is 0 Å². The Labute approximate surface area is 155 Å². The largest absolute Gasteiger partial charge is 0.418 e. The highest BCUT2D eigenvalue weighted by Crippen LogP contribution is 2.34. The fourth-order valence-corrected chi connectivity index (χ4v) is 2.55. The van der Waals surface area contributed by atoms with Gasteiger partial charge < -0.3 is 10.6 Å². The molecule has 1 amide bonds. The number of benzene rings is 2. The number of nitriles is 1. The summed E-state index contributed by atoms with van der Waals surface area (Å²) in [6.07, 6.45) is -2.67. The molecule has 2 N–H and O–H groups in total. The van der Waals surface area contributed by atoms with Crippen molar-refractivity contribution in [3.63, 3.8) is 0 Å². The number of amides is 1. The molecule has 0 bridgehead atoms. The predicted octanol–water partition coefficient (Wildman–Crippen LogP) is 5.03. The molecule has 0 unspecified atom stereocenters. The van der Waals surface area contributed by atoms with E-state index in [1.807, 2.05) is 32.0 Å². The highest BCUT2D eigenvalue weighted by molar-refractivity contribution is 6.07. The van der Waals surface area contributed by atoms with Gasteiger partial charge in [-0.25, -0.2) is 0 Å². The summed E-state index contributed by atoms with van der Waals surface area (Å²) in [6, 6.07) is 12.0. The molecular weight excluding hydrogens is 355 g/mol. The lowest BCUT2D eigenvalue weighted by Crippen LogP contribution is -2.18. The third-order valence-electron chi connectivity index (χ3n) is 3.95. The quantitative estimate of drug-likeness (QED) is 0.570. The van der Waals surface area contributed by atoms with E-state index in [-0.39, 0.29) is 5.57 Å². The van der Waals surface area contributed by atoms with E-state index in [1.54, 1.807) is 6.07 Å². The predicted molar refractivity (Wildman–Crippen MR) is 97.9 cm³/mol. The van der Waals surface area contributed by atoms with Crippen molar-refractivity contribution in [3.8, 4) is 6.07 Å². The number of anilines is 2. The van der Waals surface area contributed by atoms with Gasteiger partial charge in [-0.3, -0.25) is 4.79 Å². The molecule has 0 atom stereocenters. The SMILES string of the molecule is CCc1cccc(C)c1N/C=C(/C#N)C(=O)Nc1ccccc1C(F)(F)F. The number of nitrogens with one attached hydrogen (secondary N) is 2. The number of carbonyl (C=O) groups is 1. The van der Waals surface area contributed by atoms with Crippen molar-refractivity contribution >= 4 is 17.3 Å². The topological polar surface area (TPSA) is 64.9 Å². The summed E-state index contributed by atoms with van der Waals surface area (Å²) < 4.78 is 39.1. The van der Waals surface area contributed by atoms with Crippen LogP contribution in [0.25, 0.3) is 0 Å². The molecule has 0 saturated heterocycles. The Hall–Kier alpha value is -3.27. The maximum Gasteiger partial charge on any atom is 0.418 e. The Morgan fingerprint density at radius 3 is 2.52 bits per heavy atom. The Balaban J connectivity index is 2.26. The van der Waals surface area contributed by atoms with Crippen LogP contribution >= 0.6 is 0 Å². The maximum atomic E-state index is 13.0. The monoisotopic (exact) mass is 373 g/mol. The van der Waals surface area contributed by atoms with Crippen molar-refractivity contribution in [1.82, 2.24) is 0 Å². The first-order chi connectivity index (χ1) is 12.8. The van der Waals surface area contributed by atoms with E-state index >= 15 is 0 Å². The number of aryl methyl sites for hydroxylation is 2. The van der Waals surface area contributed by atoms with Crippen LogP contribution in [0.15, 0.2) is 54.2 Å². The van der Waals surface area contributed by atoms with Crippen LogP contribution in [0.4, 0.5) is 24.5 Å². The molecule has 0 radical (unpaired) electrons. The third kappa shape index (κ3) is 4.88. The second-order valence-corrected chi connectivity index (χ2v) is 5.77. The first-order valence-electron chi connectivity index (χ1n) is 8.20. The van der Waals surface area contributed by atoms with Gasteiger partial charge in [-0.1, -0.05) is 37.3 Å². The lowest BCUT2D eigenvalue weighted by Gasteiger charge is -2.14. The summed E-state index contributed by atoms with van der Waals surface area (Å²) in [7, 11) is 0. The van der Waals surface area contributed by atoms with E-state index in [4.69, 9.17) is 0 Å². The van der Waals surface area contributed by atoms with Crippen molar-refractivity contribution < 1.29 is 18.0 Å². The fraction of sp³-hybridized carbons (Fsp3) is 0.200. The Kier molecular flexibility index (Phi) is 6.24. The molecule has 4 nitrogen and oxygen atoms in total. The summed E-state index contributed by atoms with van der Waals surface area (Å²) in [6.45, 7) is 3.84. The smallest absolute Gasteiger partial charge is 0.360 e. The van der Waals surface area contributed by atoms with E-state index in [1.165, 1.54) is 18.3 Å². The summed E-state index contributed by atoms with van der Waals surface area (Å²) in [5.41, 5.74) is 0.961.